The molecule has 170 valence electrons. The third kappa shape index (κ3) is 6.10. The number of aromatic hydroxyl groups is 2. The highest BCUT2D eigenvalue weighted by molar-refractivity contribution is 5.40. The van der Waals surface area contributed by atoms with Crippen LogP contribution in [-0.2, 0) is 30.5 Å². The van der Waals surface area contributed by atoms with E-state index in [1.54, 1.807) is 18.3 Å². The molecule has 3 aromatic rings. The highest BCUT2D eigenvalue weighted by Crippen LogP contribution is 2.31. The molecule has 0 aliphatic carbocycles. The molecule has 0 spiro atoms. The van der Waals surface area contributed by atoms with Crippen molar-refractivity contribution in [2.45, 2.75) is 72.0 Å². The van der Waals surface area contributed by atoms with E-state index in [-0.39, 0.29) is 22.3 Å². The number of benzene rings is 2. The molecule has 0 aliphatic rings. The number of hydrogen-bond donors (Lipinski definition) is 2. The van der Waals surface area contributed by atoms with Crippen molar-refractivity contribution in [2.75, 3.05) is 0 Å². The molecule has 0 saturated heterocycles. The monoisotopic (exact) mass is 432 g/mol. The van der Waals surface area contributed by atoms with Gasteiger partial charge < -0.3 is 10.2 Å². The SMILES string of the molecule is CC(C)(C)c1ccc(O)c(CN(Cc2ccccn2)Cc2cc(C(C)(C)C)ccc2O)c1. The number of phenols is 2. The maximum atomic E-state index is 10.6. The Morgan fingerprint density at radius 1 is 0.688 bits per heavy atom. The minimum Gasteiger partial charge on any atom is -0.508 e. The molecule has 0 saturated carbocycles. The zero-order valence-corrected chi connectivity index (χ0v) is 20.2. The van der Waals surface area contributed by atoms with Gasteiger partial charge in [0.15, 0.2) is 0 Å². The molecule has 3 rings (SSSR count). The lowest BCUT2D eigenvalue weighted by molar-refractivity contribution is 0.238. The standard InChI is InChI=1S/C28H36N2O2/c1-27(2,3)22-10-12-25(31)20(15-22)17-30(19-24-9-7-8-14-29-24)18-21-16-23(28(4,5)6)11-13-26(21)32/h7-16,31-32H,17-19H2,1-6H3. The van der Waals surface area contributed by atoms with Gasteiger partial charge in [0.25, 0.3) is 0 Å². The number of hydrogen-bond acceptors (Lipinski definition) is 4. The molecule has 0 bridgehead atoms. The normalized spacial score (nSPS) is 12.3. The lowest BCUT2D eigenvalue weighted by Gasteiger charge is -2.26. The molecule has 32 heavy (non-hydrogen) atoms. The van der Waals surface area contributed by atoms with Crippen LogP contribution in [-0.4, -0.2) is 20.1 Å². The van der Waals surface area contributed by atoms with Crippen LogP contribution in [0.15, 0.2) is 60.8 Å². The van der Waals surface area contributed by atoms with Gasteiger partial charge in [-0.3, -0.25) is 9.88 Å². The van der Waals surface area contributed by atoms with Gasteiger partial charge in [-0.15, -0.1) is 0 Å². The number of rotatable bonds is 6. The fourth-order valence-corrected chi connectivity index (χ4v) is 3.73. The zero-order chi connectivity index (χ0) is 23.5. The number of aromatic nitrogens is 1. The third-order valence-electron chi connectivity index (χ3n) is 5.79. The van der Waals surface area contributed by atoms with Gasteiger partial charge in [0, 0.05) is 37.0 Å². The van der Waals surface area contributed by atoms with E-state index >= 15 is 0 Å². The summed E-state index contributed by atoms with van der Waals surface area (Å²) in [4.78, 5) is 6.71. The van der Waals surface area contributed by atoms with E-state index < -0.39 is 0 Å². The number of pyridine rings is 1. The van der Waals surface area contributed by atoms with Gasteiger partial charge in [-0.1, -0.05) is 71.9 Å². The van der Waals surface area contributed by atoms with Crippen LogP contribution in [0.25, 0.3) is 0 Å². The largest absolute Gasteiger partial charge is 0.508 e. The van der Waals surface area contributed by atoms with Crippen LogP contribution in [0.2, 0.25) is 0 Å². The molecule has 0 amide bonds. The summed E-state index contributed by atoms with van der Waals surface area (Å²) in [6, 6.07) is 17.6. The second-order valence-electron chi connectivity index (χ2n) is 10.7. The van der Waals surface area contributed by atoms with Crippen molar-refractivity contribution in [3.8, 4) is 11.5 Å². The van der Waals surface area contributed by atoms with Crippen molar-refractivity contribution >= 4 is 0 Å². The highest BCUT2D eigenvalue weighted by atomic mass is 16.3. The number of phenolic OH excluding ortho intramolecular Hbond substituents is 2. The van der Waals surface area contributed by atoms with E-state index in [4.69, 9.17) is 0 Å². The predicted molar refractivity (Wildman–Crippen MR) is 131 cm³/mol. The number of nitrogens with zero attached hydrogens (tertiary/aromatic N) is 2. The van der Waals surface area contributed by atoms with E-state index in [0.29, 0.717) is 19.6 Å². The minimum atomic E-state index is -0.00638. The first-order chi connectivity index (χ1) is 14.9. The molecule has 4 nitrogen and oxygen atoms in total. The van der Waals surface area contributed by atoms with Crippen molar-refractivity contribution in [1.29, 1.82) is 0 Å². The fourth-order valence-electron chi connectivity index (χ4n) is 3.73. The first kappa shape index (κ1) is 23.8. The summed E-state index contributed by atoms with van der Waals surface area (Å²) in [6.45, 7) is 14.7. The smallest absolute Gasteiger partial charge is 0.120 e. The summed E-state index contributed by atoms with van der Waals surface area (Å²) in [5.74, 6) is 0.577. The topological polar surface area (TPSA) is 56.6 Å². The van der Waals surface area contributed by atoms with Gasteiger partial charge in [0.1, 0.15) is 11.5 Å². The van der Waals surface area contributed by atoms with Crippen LogP contribution in [0.4, 0.5) is 0 Å². The summed E-state index contributed by atoms with van der Waals surface area (Å²) in [5.41, 5.74) is 5.05. The van der Waals surface area contributed by atoms with Crippen LogP contribution in [0, 0.1) is 0 Å². The molecule has 0 fully saturated rings. The second-order valence-corrected chi connectivity index (χ2v) is 10.7. The average Bonchev–Trinajstić information content (AvgIpc) is 2.70. The molecule has 2 N–H and O–H groups in total. The van der Waals surface area contributed by atoms with Crippen LogP contribution >= 0.6 is 0 Å². The minimum absolute atomic E-state index is 0.00638. The molecule has 0 radical (unpaired) electrons. The van der Waals surface area contributed by atoms with Gasteiger partial charge >= 0.3 is 0 Å². The Hall–Kier alpha value is -2.85. The Kier molecular flexibility index (Phi) is 6.94. The molecule has 0 aliphatic heterocycles. The molecule has 1 heterocycles. The van der Waals surface area contributed by atoms with Crippen molar-refractivity contribution < 1.29 is 10.2 Å². The van der Waals surface area contributed by atoms with Gasteiger partial charge in [-0.05, 0) is 46.2 Å². The molecular formula is C28H36N2O2. The van der Waals surface area contributed by atoms with E-state index in [9.17, 15) is 10.2 Å². The zero-order valence-electron chi connectivity index (χ0n) is 20.2. The lowest BCUT2D eigenvalue weighted by Crippen LogP contribution is -2.24. The molecule has 1 aromatic heterocycles. The van der Waals surface area contributed by atoms with Gasteiger partial charge in [0.2, 0.25) is 0 Å². The van der Waals surface area contributed by atoms with Gasteiger partial charge in [0.05, 0.1) is 5.69 Å². The van der Waals surface area contributed by atoms with Crippen LogP contribution in [0.3, 0.4) is 0 Å². The summed E-state index contributed by atoms with van der Waals surface area (Å²) in [5, 5.41) is 21.2. The van der Waals surface area contributed by atoms with E-state index in [1.807, 2.05) is 30.3 Å². The van der Waals surface area contributed by atoms with E-state index in [2.05, 4.69) is 63.6 Å². The van der Waals surface area contributed by atoms with Gasteiger partial charge in [-0.2, -0.15) is 0 Å². The maximum Gasteiger partial charge on any atom is 0.120 e. The Labute approximate surface area is 192 Å². The van der Waals surface area contributed by atoms with Gasteiger partial charge in [-0.25, -0.2) is 0 Å². The van der Waals surface area contributed by atoms with Crippen molar-refractivity contribution in [3.05, 3.63) is 88.7 Å². The third-order valence-corrected chi connectivity index (χ3v) is 5.79. The Morgan fingerprint density at radius 3 is 1.59 bits per heavy atom. The van der Waals surface area contributed by atoms with E-state index in [0.717, 1.165) is 16.8 Å². The summed E-state index contributed by atoms with van der Waals surface area (Å²) in [6.07, 6.45) is 1.79. The summed E-state index contributed by atoms with van der Waals surface area (Å²) < 4.78 is 0. The first-order valence-corrected chi connectivity index (χ1v) is 11.2. The van der Waals surface area contributed by atoms with Crippen LogP contribution in [0.5, 0.6) is 11.5 Å². The highest BCUT2D eigenvalue weighted by Gasteiger charge is 2.20. The first-order valence-electron chi connectivity index (χ1n) is 11.2. The quantitative estimate of drug-likeness (QED) is 0.481. The Bertz CT molecular complexity index is 982. The lowest BCUT2D eigenvalue weighted by atomic mass is 9.85. The van der Waals surface area contributed by atoms with Crippen LogP contribution in [0.1, 0.15) is 69.5 Å². The summed E-state index contributed by atoms with van der Waals surface area (Å²) >= 11 is 0. The Morgan fingerprint density at radius 2 is 1.19 bits per heavy atom. The maximum absolute atomic E-state index is 10.6. The molecule has 2 aromatic carbocycles. The molecular weight excluding hydrogens is 396 g/mol. The Balaban J connectivity index is 1.95. The van der Waals surface area contributed by atoms with E-state index in [1.165, 1.54) is 11.1 Å². The van der Waals surface area contributed by atoms with Crippen molar-refractivity contribution in [1.82, 2.24) is 9.88 Å². The molecule has 0 atom stereocenters. The average molecular weight is 433 g/mol. The fraction of sp³-hybridized carbons (Fsp3) is 0.393. The van der Waals surface area contributed by atoms with Crippen molar-refractivity contribution in [2.24, 2.45) is 0 Å². The second kappa shape index (κ2) is 9.33. The molecule has 4 heteroatoms. The predicted octanol–water partition coefficient (Wildman–Crippen LogP) is 6.29. The van der Waals surface area contributed by atoms with Crippen molar-refractivity contribution in [3.63, 3.8) is 0 Å². The van der Waals surface area contributed by atoms with Crippen LogP contribution < -0.4 is 0 Å². The molecule has 0 unspecified atom stereocenters. The summed E-state index contributed by atoms with van der Waals surface area (Å²) in [7, 11) is 0.